The van der Waals surface area contributed by atoms with Crippen molar-refractivity contribution in [1.29, 1.82) is 0 Å². The summed E-state index contributed by atoms with van der Waals surface area (Å²) in [6.45, 7) is 6.14. The molecule has 1 unspecified atom stereocenters. The van der Waals surface area contributed by atoms with Crippen LogP contribution in [0.1, 0.15) is 48.4 Å². The van der Waals surface area contributed by atoms with E-state index in [1.54, 1.807) is 0 Å². The van der Waals surface area contributed by atoms with Crippen LogP contribution in [0.2, 0.25) is 0 Å². The summed E-state index contributed by atoms with van der Waals surface area (Å²) in [5, 5.41) is 0. The van der Waals surface area contributed by atoms with E-state index in [2.05, 4.69) is 66.4 Å². The van der Waals surface area contributed by atoms with Crippen LogP contribution >= 0.6 is 0 Å². The Kier molecular flexibility index (Phi) is 5.03. The van der Waals surface area contributed by atoms with Gasteiger partial charge in [0.25, 0.3) is 0 Å². The van der Waals surface area contributed by atoms with Gasteiger partial charge in [0.1, 0.15) is 0 Å². The van der Waals surface area contributed by atoms with Gasteiger partial charge in [-0.3, -0.25) is 0 Å². The predicted molar refractivity (Wildman–Crippen MR) is 107 cm³/mol. The molecule has 1 saturated heterocycles. The third kappa shape index (κ3) is 3.72. The molecule has 130 valence electrons. The Hall–Kier alpha value is -1.86. The molecule has 0 spiro atoms. The lowest BCUT2D eigenvalue weighted by molar-refractivity contribution is 0.187. The fraction of sp³-hybridized carbons (Fsp3) is 0.417. The lowest BCUT2D eigenvalue weighted by Crippen LogP contribution is -2.34. The summed E-state index contributed by atoms with van der Waals surface area (Å²) in [6, 6.07) is 18.0. The number of likely N-dealkylation sites (tertiary alicyclic amines) is 1. The minimum Gasteiger partial charge on any atom is -0.303 e. The smallest absolute Gasteiger partial charge is 0.00163 e. The average Bonchev–Trinajstić information content (AvgIpc) is 2.80. The number of piperidine rings is 1. The molecule has 1 atom stereocenters. The standard InChI is InChI=1S/C24H29N/c1-19-8-6-16-25(18-19)17-7-13-24-22-11-4-2-9-20(22)14-15-21-10-3-5-12-23(21)24/h2-5,9-13,19H,6-8,14-18H2,1H3. The fourth-order valence-electron chi connectivity index (χ4n) is 4.52. The highest BCUT2D eigenvalue weighted by molar-refractivity contribution is 5.83. The topological polar surface area (TPSA) is 3.24 Å². The second kappa shape index (κ2) is 7.58. The van der Waals surface area contributed by atoms with Crippen molar-refractivity contribution >= 4 is 5.57 Å². The number of hydrogen-bond acceptors (Lipinski definition) is 1. The molecule has 1 aliphatic carbocycles. The molecule has 2 aliphatic rings. The van der Waals surface area contributed by atoms with E-state index < -0.39 is 0 Å². The first-order chi connectivity index (χ1) is 12.3. The minimum atomic E-state index is 0.862. The van der Waals surface area contributed by atoms with E-state index in [0.29, 0.717) is 0 Å². The molecule has 0 radical (unpaired) electrons. The summed E-state index contributed by atoms with van der Waals surface area (Å²) in [4.78, 5) is 2.65. The number of nitrogens with zero attached hydrogens (tertiary/aromatic N) is 1. The molecule has 2 aromatic carbocycles. The van der Waals surface area contributed by atoms with E-state index in [-0.39, 0.29) is 0 Å². The Morgan fingerprint density at radius 2 is 1.60 bits per heavy atom. The molecule has 1 heterocycles. The highest BCUT2D eigenvalue weighted by atomic mass is 15.1. The Bertz CT molecular complexity index is 709. The first-order valence-corrected chi connectivity index (χ1v) is 9.90. The molecule has 1 nitrogen and oxygen atoms in total. The van der Waals surface area contributed by atoms with Crippen LogP contribution in [-0.4, -0.2) is 24.5 Å². The van der Waals surface area contributed by atoms with Crippen LogP contribution in [0.25, 0.3) is 5.57 Å². The zero-order valence-electron chi connectivity index (χ0n) is 15.4. The van der Waals surface area contributed by atoms with Gasteiger partial charge in [-0.2, -0.15) is 0 Å². The Balaban J connectivity index is 1.61. The molecule has 1 fully saturated rings. The van der Waals surface area contributed by atoms with Crippen LogP contribution in [0.5, 0.6) is 0 Å². The van der Waals surface area contributed by atoms with Crippen molar-refractivity contribution in [3.63, 3.8) is 0 Å². The SMILES string of the molecule is CC1CCCN(CCC=C2c3ccccc3CCc3ccccc32)C1. The molecule has 1 heteroatoms. The van der Waals surface area contributed by atoms with Crippen molar-refractivity contribution < 1.29 is 0 Å². The molecule has 25 heavy (non-hydrogen) atoms. The molecular formula is C24H29N. The van der Waals surface area contributed by atoms with Crippen LogP contribution in [-0.2, 0) is 12.8 Å². The molecule has 0 saturated carbocycles. The van der Waals surface area contributed by atoms with Crippen molar-refractivity contribution in [3.8, 4) is 0 Å². The summed E-state index contributed by atoms with van der Waals surface area (Å²) in [6.07, 6.45) is 8.71. The van der Waals surface area contributed by atoms with Gasteiger partial charge in [0, 0.05) is 13.1 Å². The van der Waals surface area contributed by atoms with Gasteiger partial charge in [-0.15, -0.1) is 0 Å². The molecular weight excluding hydrogens is 302 g/mol. The summed E-state index contributed by atoms with van der Waals surface area (Å²) in [7, 11) is 0. The highest BCUT2D eigenvalue weighted by Gasteiger charge is 2.18. The quantitative estimate of drug-likeness (QED) is 0.734. The molecule has 4 rings (SSSR count). The fourth-order valence-corrected chi connectivity index (χ4v) is 4.52. The maximum atomic E-state index is 2.65. The van der Waals surface area contributed by atoms with Crippen molar-refractivity contribution in [2.24, 2.45) is 5.92 Å². The van der Waals surface area contributed by atoms with E-state index in [1.165, 1.54) is 60.3 Å². The molecule has 0 aromatic heterocycles. The van der Waals surface area contributed by atoms with Crippen LogP contribution < -0.4 is 0 Å². The predicted octanol–water partition coefficient (Wildman–Crippen LogP) is 5.34. The maximum Gasteiger partial charge on any atom is 0.00163 e. The van der Waals surface area contributed by atoms with Crippen molar-refractivity contribution in [2.75, 3.05) is 19.6 Å². The largest absolute Gasteiger partial charge is 0.303 e. The van der Waals surface area contributed by atoms with Gasteiger partial charge >= 0.3 is 0 Å². The van der Waals surface area contributed by atoms with Gasteiger partial charge in [-0.05, 0) is 72.4 Å². The molecule has 2 aromatic rings. The number of aryl methyl sites for hydroxylation is 2. The zero-order valence-corrected chi connectivity index (χ0v) is 15.4. The Morgan fingerprint density at radius 1 is 0.960 bits per heavy atom. The van der Waals surface area contributed by atoms with E-state index in [1.807, 2.05) is 0 Å². The maximum absolute atomic E-state index is 2.65. The summed E-state index contributed by atoms with van der Waals surface area (Å²) in [5.74, 6) is 0.862. The summed E-state index contributed by atoms with van der Waals surface area (Å²) >= 11 is 0. The van der Waals surface area contributed by atoms with Gasteiger partial charge < -0.3 is 4.90 Å². The van der Waals surface area contributed by atoms with Gasteiger partial charge in [0.05, 0.1) is 0 Å². The van der Waals surface area contributed by atoms with Crippen molar-refractivity contribution in [3.05, 3.63) is 76.9 Å². The first kappa shape index (κ1) is 16.6. The third-order valence-electron chi connectivity index (χ3n) is 5.81. The van der Waals surface area contributed by atoms with E-state index in [4.69, 9.17) is 0 Å². The Labute approximate surface area is 152 Å². The van der Waals surface area contributed by atoms with Gasteiger partial charge in [-0.25, -0.2) is 0 Å². The van der Waals surface area contributed by atoms with Crippen LogP contribution in [0, 0.1) is 5.92 Å². The zero-order chi connectivity index (χ0) is 17.1. The monoisotopic (exact) mass is 331 g/mol. The van der Waals surface area contributed by atoms with Gasteiger partial charge in [-0.1, -0.05) is 61.5 Å². The Morgan fingerprint density at radius 3 is 2.24 bits per heavy atom. The van der Waals surface area contributed by atoms with E-state index in [0.717, 1.165) is 25.2 Å². The molecule has 0 amide bonds. The molecule has 1 aliphatic heterocycles. The van der Waals surface area contributed by atoms with Gasteiger partial charge in [0.2, 0.25) is 0 Å². The van der Waals surface area contributed by atoms with E-state index >= 15 is 0 Å². The summed E-state index contributed by atoms with van der Waals surface area (Å²) in [5.41, 5.74) is 7.33. The number of rotatable bonds is 3. The first-order valence-electron chi connectivity index (χ1n) is 9.90. The minimum absolute atomic E-state index is 0.862. The highest BCUT2D eigenvalue weighted by Crippen LogP contribution is 2.33. The number of fused-ring (bicyclic) bond motifs is 2. The second-order valence-electron chi connectivity index (χ2n) is 7.77. The van der Waals surface area contributed by atoms with Crippen molar-refractivity contribution in [1.82, 2.24) is 4.90 Å². The lowest BCUT2D eigenvalue weighted by Gasteiger charge is -2.30. The van der Waals surface area contributed by atoms with Crippen LogP contribution in [0.15, 0.2) is 54.6 Å². The average molecular weight is 332 g/mol. The van der Waals surface area contributed by atoms with Crippen LogP contribution in [0.3, 0.4) is 0 Å². The lowest BCUT2D eigenvalue weighted by atomic mass is 9.93. The van der Waals surface area contributed by atoms with Crippen LogP contribution in [0.4, 0.5) is 0 Å². The second-order valence-corrected chi connectivity index (χ2v) is 7.77. The molecule has 0 bridgehead atoms. The summed E-state index contributed by atoms with van der Waals surface area (Å²) < 4.78 is 0. The molecule has 0 N–H and O–H groups in total. The normalized spacial score (nSPS) is 20.5. The van der Waals surface area contributed by atoms with Gasteiger partial charge in [0.15, 0.2) is 0 Å². The third-order valence-corrected chi connectivity index (χ3v) is 5.81. The number of hydrogen-bond donors (Lipinski definition) is 0. The van der Waals surface area contributed by atoms with Crippen molar-refractivity contribution in [2.45, 2.75) is 39.0 Å². The number of benzene rings is 2. The van der Waals surface area contributed by atoms with E-state index in [9.17, 15) is 0 Å².